The summed E-state index contributed by atoms with van der Waals surface area (Å²) in [5.41, 5.74) is 1.48. The minimum Gasteiger partial charge on any atom is -0.496 e. The van der Waals surface area contributed by atoms with Crippen LogP contribution in [0, 0.1) is 11.6 Å². The van der Waals surface area contributed by atoms with Gasteiger partial charge in [-0.15, -0.1) is 0 Å². The second-order valence-electron chi connectivity index (χ2n) is 10.6. The first-order chi connectivity index (χ1) is 20.5. The van der Waals surface area contributed by atoms with Gasteiger partial charge in [-0.3, -0.25) is 0 Å². The minimum atomic E-state index is -0.833. The van der Waals surface area contributed by atoms with E-state index in [9.17, 15) is 23.5 Å². The molecular formula is C33H32F2N2O6. The Bertz CT molecular complexity index is 1540. The molecule has 0 saturated heterocycles. The van der Waals surface area contributed by atoms with Crippen molar-refractivity contribution in [3.05, 3.63) is 119 Å². The van der Waals surface area contributed by atoms with Gasteiger partial charge in [0.05, 0.1) is 13.7 Å². The lowest BCUT2D eigenvalue weighted by Crippen LogP contribution is -2.25. The van der Waals surface area contributed by atoms with Gasteiger partial charge in [-0.1, -0.05) is 24.3 Å². The van der Waals surface area contributed by atoms with Gasteiger partial charge in [-0.05, 0) is 92.6 Å². The number of carbonyl (C=O) groups is 2. The average Bonchev–Trinajstić information content (AvgIpc) is 2.96. The number of anilines is 2. The first kappa shape index (κ1) is 31.0. The van der Waals surface area contributed by atoms with Crippen LogP contribution in [-0.4, -0.2) is 29.8 Å². The van der Waals surface area contributed by atoms with E-state index in [1.54, 1.807) is 45.0 Å². The normalized spacial score (nSPS) is 11.2. The Hall–Kier alpha value is -4.96. The molecule has 4 aromatic carbocycles. The van der Waals surface area contributed by atoms with Crippen LogP contribution in [-0.2, 0) is 11.3 Å². The summed E-state index contributed by atoms with van der Waals surface area (Å²) in [5.74, 6) is -0.975. The van der Waals surface area contributed by atoms with E-state index in [2.05, 4.69) is 10.6 Å². The molecule has 0 bridgehead atoms. The molecule has 4 rings (SSSR count). The number of ether oxygens (including phenoxy) is 3. The van der Waals surface area contributed by atoms with E-state index in [1.165, 1.54) is 67.8 Å². The maximum absolute atomic E-state index is 13.7. The van der Waals surface area contributed by atoms with E-state index in [0.29, 0.717) is 28.1 Å². The lowest BCUT2D eigenvalue weighted by molar-refractivity contribution is 0.00646. The number of benzene rings is 4. The van der Waals surface area contributed by atoms with Gasteiger partial charge in [-0.25, -0.2) is 18.4 Å². The molecule has 224 valence electrons. The quantitative estimate of drug-likeness (QED) is 0.178. The Labute approximate surface area is 248 Å². The van der Waals surface area contributed by atoms with Gasteiger partial charge < -0.3 is 30.0 Å². The predicted molar refractivity (Wildman–Crippen MR) is 158 cm³/mol. The monoisotopic (exact) mass is 590 g/mol. The molecule has 0 spiro atoms. The third-order valence-corrected chi connectivity index (χ3v) is 6.16. The van der Waals surface area contributed by atoms with Crippen LogP contribution in [0.5, 0.6) is 11.5 Å². The topological polar surface area (TPSA) is 106 Å². The second kappa shape index (κ2) is 13.3. The zero-order valence-electron chi connectivity index (χ0n) is 24.1. The summed E-state index contributed by atoms with van der Waals surface area (Å²) < 4.78 is 44.5. The summed E-state index contributed by atoms with van der Waals surface area (Å²) >= 11 is 0. The van der Waals surface area contributed by atoms with Crippen LogP contribution >= 0.6 is 0 Å². The first-order valence-electron chi connectivity index (χ1n) is 13.4. The number of hydrogen-bond acceptors (Lipinski definition) is 6. The van der Waals surface area contributed by atoms with Crippen molar-refractivity contribution in [2.75, 3.05) is 17.7 Å². The highest BCUT2D eigenvalue weighted by Crippen LogP contribution is 2.33. The fourth-order valence-corrected chi connectivity index (χ4v) is 4.21. The second-order valence-corrected chi connectivity index (χ2v) is 10.6. The zero-order chi connectivity index (χ0) is 31.1. The van der Waals surface area contributed by atoms with Crippen LogP contribution in [0.15, 0.2) is 84.9 Å². The molecule has 0 aromatic heterocycles. The van der Waals surface area contributed by atoms with Gasteiger partial charge in [0.2, 0.25) is 0 Å². The number of esters is 1. The van der Waals surface area contributed by atoms with Gasteiger partial charge in [0.25, 0.3) is 0 Å². The molecule has 0 saturated carbocycles. The summed E-state index contributed by atoms with van der Waals surface area (Å²) in [7, 11) is 1.48. The standard InChI is InChI=1S/C33H32F2N2O6/c1-33(2,3)43-31(39)27-18-26(37-32(40)36-25-13-15-28(41-4)22(17-25)19-38)14-16-29(27)42-30(20-5-9-23(34)10-6-20)21-7-11-24(35)12-8-21/h5-18,30,38H,19H2,1-4H3,(H2,36,37,40). The number of hydrogen-bond donors (Lipinski definition) is 3. The van der Waals surface area contributed by atoms with Crippen molar-refractivity contribution >= 4 is 23.4 Å². The van der Waals surface area contributed by atoms with Crippen molar-refractivity contribution in [2.45, 2.75) is 39.1 Å². The average molecular weight is 591 g/mol. The van der Waals surface area contributed by atoms with Crippen molar-refractivity contribution in [1.82, 2.24) is 0 Å². The number of rotatable bonds is 9. The minimum absolute atomic E-state index is 0.0222. The summed E-state index contributed by atoms with van der Waals surface area (Å²) in [6.45, 7) is 4.88. The number of aliphatic hydroxyl groups excluding tert-OH is 1. The fourth-order valence-electron chi connectivity index (χ4n) is 4.21. The summed E-state index contributed by atoms with van der Waals surface area (Å²) in [4.78, 5) is 26.1. The van der Waals surface area contributed by atoms with Crippen LogP contribution in [0.25, 0.3) is 0 Å². The molecule has 0 heterocycles. The lowest BCUT2D eigenvalue weighted by Gasteiger charge is -2.24. The molecule has 0 fully saturated rings. The van der Waals surface area contributed by atoms with E-state index >= 15 is 0 Å². The smallest absolute Gasteiger partial charge is 0.342 e. The molecule has 0 aliphatic rings. The largest absolute Gasteiger partial charge is 0.496 e. The highest BCUT2D eigenvalue weighted by molar-refractivity contribution is 6.01. The first-order valence-corrected chi connectivity index (χ1v) is 13.4. The molecule has 4 aromatic rings. The molecule has 10 heteroatoms. The number of aliphatic hydroxyl groups is 1. The van der Waals surface area contributed by atoms with E-state index in [4.69, 9.17) is 14.2 Å². The SMILES string of the molecule is COc1ccc(NC(=O)Nc2ccc(OC(c3ccc(F)cc3)c3ccc(F)cc3)c(C(=O)OC(C)(C)C)c2)cc1CO. The van der Waals surface area contributed by atoms with E-state index in [-0.39, 0.29) is 23.6 Å². The van der Waals surface area contributed by atoms with E-state index < -0.39 is 35.3 Å². The molecule has 0 aliphatic heterocycles. The molecular weight excluding hydrogens is 558 g/mol. The number of carbonyl (C=O) groups excluding carboxylic acids is 2. The zero-order valence-corrected chi connectivity index (χ0v) is 24.1. The van der Waals surface area contributed by atoms with Crippen molar-refractivity contribution in [1.29, 1.82) is 0 Å². The van der Waals surface area contributed by atoms with Crippen molar-refractivity contribution in [2.24, 2.45) is 0 Å². The van der Waals surface area contributed by atoms with Gasteiger partial charge >= 0.3 is 12.0 Å². The highest BCUT2D eigenvalue weighted by atomic mass is 19.1. The number of methoxy groups -OCH3 is 1. The third kappa shape index (κ3) is 8.30. The number of amides is 2. The molecule has 0 radical (unpaired) electrons. The summed E-state index contributed by atoms with van der Waals surface area (Å²) in [5, 5.41) is 14.9. The highest BCUT2D eigenvalue weighted by Gasteiger charge is 2.25. The van der Waals surface area contributed by atoms with Crippen molar-refractivity contribution in [3.8, 4) is 11.5 Å². The van der Waals surface area contributed by atoms with Gasteiger partial charge in [0, 0.05) is 16.9 Å². The maximum atomic E-state index is 13.7. The fraction of sp³-hybridized carbons (Fsp3) is 0.212. The Morgan fingerprint density at radius 1 is 0.791 bits per heavy atom. The Morgan fingerprint density at radius 3 is 1.79 bits per heavy atom. The van der Waals surface area contributed by atoms with Crippen LogP contribution in [0.1, 0.15) is 53.9 Å². The van der Waals surface area contributed by atoms with E-state index in [0.717, 1.165) is 0 Å². The third-order valence-electron chi connectivity index (χ3n) is 6.16. The van der Waals surface area contributed by atoms with Crippen molar-refractivity contribution < 1.29 is 37.7 Å². The van der Waals surface area contributed by atoms with E-state index in [1.807, 2.05) is 0 Å². The molecule has 43 heavy (non-hydrogen) atoms. The molecule has 3 N–H and O–H groups in total. The maximum Gasteiger partial charge on any atom is 0.342 e. The molecule has 2 amide bonds. The van der Waals surface area contributed by atoms with Crippen LogP contribution in [0.2, 0.25) is 0 Å². The van der Waals surface area contributed by atoms with Gasteiger partial charge in [-0.2, -0.15) is 0 Å². The molecule has 8 nitrogen and oxygen atoms in total. The van der Waals surface area contributed by atoms with Gasteiger partial charge in [0.1, 0.15) is 40.4 Å². The van der Waals surface area contributed by atoms with Crippen LogP contribution in [0.3, 0.4) is 0 Å². The molecule has 0 atom stereocenters. The lowest BCUT2D eigenvalue weighted by atomic mass is 10.0. The summed E-state index contributed by atoms with van der Waals surface area (Å²) in [6.07, 6.45) is -0.833. The number of urea groups is 1. The number of nitrogens with one attached hydrogen (secondary N) is 2. The summed E-state index contributed by atoms with van der Waals surface area (Å²) in [6, 6.07) is 20.0. The van der Waals surface area contributed by atoms with Gasteiger partial charge in [0.15, 0.2) is 0 Å². The Balaban J connectivity index is 1.65. The Morgan fingerprint density at radius 2 is 1.30 bits per heavy atom. The van der Waals surface area contributed by atoms with Crippen molar-refractivity contribution in [3.63, 3.8) is 0 Å². The van der Waals surface area contributed by atoms with Crippen LogP contribution < -0.4 is 20.1 Å². The molecule has 0 unspecified atom stereocenters. The predicted octanol–water partition coefficient (Wildman–Crippen LogP) is 7.23. The van der Waals surface area contributed by atoms with Crippen LogP contribution in [0.4, 0.5) is 25.0 Å². The number of halogens is 2. The molecule has 0 aliphatic carbocycles. The Kier molecular flexibility index (Phi) is 9.62.